The Bertz CT molecular complexity index is 3760. The molecule has 0 amide bonds. The second kappa shape index (κ2) is 16.7. The molecule has 0 N–H and O–H groups in total. The molecule has 0 aliphatic heterocycles. The molecule has 1 aliphatic carbocycles. The van der Waals surface area contributed by atoms with Crippen LogP contribution in [0.15, 0.2) is 279 Å². The molecule has 2 nitrogen and oxygen atoms in total. The van der Waals surface area contributed by atoms with Crippen molar-refractivity contribution < 1.29 is 0 Å². The first-order valence-electron chi connectivity index (χ1n) is 23.8. The summed E-state index contributed by atoms with van der Waals surface area (Å²) < 4.78 is 2.45. The van der Waals surface area contributed by atoms with Crippen LogP contribution in [-0.4, -0.2) is 4.57 Å². The van der Waals surface area contributed by atoms with Crippen molar-refractivity contribution in [3.8, 4) is 50.2 Å². The molecule has 0 atom stereocenters. The first-order valence-corrected chi connectivity index (χ1v) is 23.8. The maximum Gasteiger partial charge on any atom is 0.0714 e. The van der Waals surface area contributed by atoms with Crippen molar-refractivity contribution in [1.29, 1.82) is 0 Å². The van der Waals surface area contributed by atoms with E-state index in [1.807, 2.05) is 0 Å². The fraction of sp³-hybridized carbons (Fsp3) is 0.0149. The van der Waals surface area contributed by atoms with Crippen LogP contribution in [0.5, 0.6) is 0 Å². The van der Waals surface area contributed by atoms with E-state index >= 15 is 0 Å². The fourth-order valence-electron chi connectivity index (χ4n) is 11.2. The average Bonchev–Trinajstić information content (AvgIpc) is 3.92. The van der Waals surface area contributed by atoms with Crippen molar-refractivity contribution in [2.24, 2.45) is 0 Å². The summed E-state index contributed by atoms with van der Waals surface area (Å²) in [5.41, 5.74) is 21.1. The van der Waals surface area contributed by atoms with Gasteiger partial charge in [0.25, 0.3) is 0 Å². The third kappa shape index (κ3) is 6.64. The highest BCUT2D eigenvalue weighted by molar-refractivity contribution is 6.10. The maximum atomic E-state index is 2.45. The Balaban J connectivity index is 0.876. The van der Waals surface area contributed by atoms with Crippen LogP contribution in [0.1, 0.15) is 22.3 Å². The molecular weight excluding hydrogens is 833 g/mol. The quantitative estimate of drug-likeness (QED) is 0.140. The zero-order chi connectivity index (χ0) is 45.7. The van der Waals surface area contributed by atoms with Crippen LogP contribution in [0.4, 0.5) is 17.1 Å². The molecule has 69 heavy (non-hydrogen) atoms. The molecule has 11 aromatic carbocycles. The normalized spacial score (nSPS) is 12.5. The van der Waals surface area contributed by atoms with E-state index in [-0.39, 0.29) is 0 Å². The molecule has 0 fully saturated rings. The van der Waals surface area contributed by atoms with E-state index < -0.39 is 5.41 Å². The highest BCUT2D eigenvalue weighted by Gasteiger charge is 2.46. The summed E-state index contributed by atoms with van der Waals surface area (Å²) in [6, 6.07) is 102. The van der Waals surface area contributed by atoms with Gasteiger partial charge in [0.2, 0.25) is 0 Å². The third-order valence-electron chi connectivity index (χ3n) is 14.3. The number of benzene rings is 11. The molecule has 13 rings (SSSR count). The molecular formula is C67H46N2. The van der Waals surface area contributed by atoms with Crippen molar-refractivity contribution in [1.82, 2.24) is 4.57 Å². The minimum atomic E-state index is -0.487. The van der Waals surface area contributed by atoms with E-state index in [9.17, 15) is 0 Å². The van der Waals surface area contributed by atoms with Gasteiger partial charge in [0.15, 0.2) is 0 Å². The number of rotatable bonds is 9. The van der Waals surface area contributed by atoms with Gasteiger partial charge in [0, 0.05) is 33.4 Å². The van der Waals surface area contributed by atoms with Crippen molar-refractivity contribution in [3.05, 3.63) is 301 Å². The largest absolute Gasteiger partial charge is 0.310 e. The summed E-state index contributed by atoms with van der Waals surface area (Å²) in [6.45, 7) is 0. The zero-order valence-electron chi connectivity index (χ0n) is 38.0. The van der Waals surface area contributed by atoms with Gasteiger partial charge in [-0.15, -0.1) is 0 Å². The van der Waals surface area contributed by atoms with Gasteiger partial charge in [-0.2, -0.15) is 0 Å². The second-order valence-electron chi connectivity index (χ2n) is 18.0. The van der Waals surface area contributed by atoms with E-state index in [0.29, 0.717) is 0 Å². The Hall–Kier alpha value is -8.98. The van der Waals surface area contributed by atoms with Gasteiger partial charge in [0.05, 0.1) is 22.1 Å². The topological polar surface area (TPSA) is 8.17 Å². The summed E-state index contributed by atoms with van der Waals surface area (Å²) in [5.74, 6) is 0. The summed E-state index contributed by atoms with van der Waals surface area (Å²) >= 11 is 0. The average molecular weight is 879 g/mol. The highest BCUT2D eigenvalue weighted by atomic mass is 15.1. The van der Waals surface area contributed by atoms with Gasteiger partial charge in [-0.05, 0) is 116 Å². The van der Waals surface area contributed by atoms with Crippen molar-refractivity contribution >= 4 is 38.9 Å². The molecule has 12 aromatic rings. The zero-order valence-corrected chi connectivity index (χ0v) is 38.0. The summed E-state index contributed by atoms with van der Waals surface area (Å²) in [7, 11) is 0. The van der Waals surface area contributed by atoms with Crippen LogP contribution in [0.25, 0.3) is 72.0 Å². The predicted octanol–water partition coefficient (Wildman–Crippen LogP) is 17.6. The molecule has 324 valence electrons. The lowest BCUT2D eigenvalue weighted by atomic mass is 9.67. The minimum Gasteiger partial charge on any atom is -0.310 e. The first kappa shape index (κ1) is 40.3. The SMILES string of the molecule is c1ccc(-c2ccc3c4ccccc4n(-c4ccccc4-c4ccc(-c5ccc(N(c6ccccc6)c6ccc7c(c6)C(c6ccccc6)(c6ccccc6)c6ccccc6-7)cc5)cc4)c3c2)cc1. The van der Waals surface area contributed by atoms with Crippen LogP contribution < -0.4 is 4.90 Å². The smallest absolute Gasteiger partial charge is 0.0714 e. The fourth-order valence-corrected chi connectivity index (χ4v) is 11.2. The summed E-state index contributed by atoms with van der Waals surface area (Å²) in [6.07, 6.45) is 0. The van der Waals surface area contributed by atoms with Crippen LogP contribution in [0.3, 0.4) is 0 Å². The molecule has 1 heterocycles. The number of fused-ring (bicyclic) bond motifs is 6. The Kier molecular flexibility index (Phi) is 9.77. The maximum absolute atomic E-state index is 2.45. The minimum absolute atomic E-state index is 0.487. The second-order valence-corrected chi connectivity index (χ2v) is 18.0. The van der Waals surface area contributed by atoms with Crippen LogP contribution in [0.2, 0.25) is 0 Å². The van der Waals surface area contributed by atoms with Gasteiger partial charge in [-0.25, -0.2) is 0 Å². The molecule has 2 heteroatoms. The number of aromatic nitrogens is 1. The van der Waals surface area contributed by atoms with Crippen LogP contribution in [-0.2, 0) is 5.41 Å². The number of anilines is 3. The molecule has 0 unspecified atom stereocenters. The lowest BCUT2D eigenvalue weighted by Gasteiger charge is -2.35. The van der Waals surface area contributed by atoms with E-state index in [1.54, 1.807) is 0 Å². The van der Waals surface area contributed by atoms with Gasteiger partial charge in [-0.1, -0.05) is 224 Å². The predicted molar refractivity (Wildman–Crippen MR) is 289 cm³/mol. The van der Waals surface area contributed by atoms with E-state index in [2.05, 4.69) is 289 Å². The first-order chi connectivity index (χ1) is 34.2. The molecule has 0 saturated heterocycles. The Morgan fingerprint density at radius 2 is 0.754 bits per heavy atom. The molecule has 1 aromatic heterocycles. The number of para-hydroxylation sites is 3. The van der Waals surface area contributed by atoms with Crippen LogP contribution in [0, 0.1) is 0 Å². The van der Waals surface area contributed by atoms with E-state index in [1.165, 1.54) is 88.6 Å². The van der Waals surface area contributed by atoms with Crippen LogP contribution >= 0.6 is 0 Å². The molecule has 1 aliphatic rings. The van der Waals surface area contributed by atoms with Gasteiger partial charge < -0.3 is 9.47 Å². The number of nitrogens with zero attached hydrogens (tertiary/aromatic N) is 2. The summed E-state index contributed by atoms with van der Waals surface area (Å²) in [5, 5.41) is 2.50. The summed E-state index contributed by atoms with van der Waals surface area (Å²) in [4.78, 5) is 2.39. The lowest BCUT2D eigenvalue weighted by molar-refractivity contribution is 0.768. The van der Waals surface area contributed by atoms with E-state index in [0.717, 1.165) is 22.7 Å². The Morgan fingerprint density at radius 1 is 0.275 bits per heavy atom. The Labute approximate surface area is 403 Å². The molecule has 0 spiro atoms. The molecule has 0 radical (unpaired) electrons. The number of hydrogen-bond donors (Lipinski definition) is 0. The number of hydrogen-bond acceptors (Lipinski definition) is 1. The molecule has 0 saturated carbocycles. The lowest BCUT2D eigenvalue weighted by Crippen LogP contribution is -2.28. The third-order valence-corrected chi connectivity index (χ3v) is 14.3. The van der Waals surface area contributed by atoms with Crippen molar-refractivity contribution in [3.63, 3.8) is 0 Å². The standard InChI is InChI=1S/C67H46N2/c1-5-19-47(20-6-1)51-39-43-61-60-29-15-18-32-65(60)69(66(61)45-51)64-31-17-14-27-57(64)50-35-33-48(34-36-50)49-37-40-55(41-38-49)68(54-25-11-4-12-26-54)56-42-44-59-58-28-13-16-30-62(58)67(63(59)46-56,52-21-7-2-8-22-52)53-23-9-3-10-24-53/h1-46H. The van der Waals surface area contributed by atoms with Gasteiger partial charge in [-0.3, -0.25) is 0 Å². The van der Waals surface area contributed by atoms with Crippen molar-refractivity contribution in [2.75, 3.05) is 4.90 Å². The van der Waals surface area contributed by atoms with Gasteiger partial charge in [0.1, 0.15) is 0 Å². The highest BCUT2D eigenvalue weighted by Crippen LogP contribution is 2.57. The molecule has 0 bridgehead atoms. The monoisotopic (exact) mass is 878 g/mol. The van der Waals surface area contributed by atoms with Gasteiger partial charge >= 0.3 is 0 Å². The van der Waals surface area contributed by atoms with E-state index in [4.69, 9.17) is 0 Å². The van der Waals surface area contributed by atoms with Crippen molar-refractivity contribution in [2.45, 2.75) is 5.41 Å². The Morgan fingerprint density at radius 3 is 1.46 bits per heavy atom.